The minimum absolute atomic E-state index is 0.0483. The van der Waals surface area contributed by atoms with Gasteiger partial charge in [0.1, 0.15) is 5.69 Å². The molecular weight excluding hydrogens is 302 g/mol. The molecule has 24 heavy (non-hydrogen) atoms. The second-order valence-electron chi connectivity index (χ2n) is 6.75. The van der Waals surface area contributed by atoms with Crippen molar-refractivity contribution in [1.82, 2.24) is 14.2 Å². The van der Waals surface area contributed by atoms with Crippen molar-refractivity contribution < 1.29 is 9.63 Å². The van der Waals surface area contributed by atoms with E-state index >= 15 is 0 Å². The summed E-state index contributed by atoms with van der Waals surface area (Å²) in [6.07, 6.45) is 2.01. The van der Waals surface area contributed by atoms with Crippen molar-refractivity contribution in [3.63, 3.8) is 0 Å². The highest BCUT2D eigenvalue weighted by atomic mass is 16.7. The SMILES string of the molecule is CC(C)n1c2ccccc2c2c1cc(C(=O)N1CCCCO1)n2C. The average molecular weight is 325 g/mol. The molecule has 1 aliphatic rings. The van der Waals surface area contributed by atoms with E-state index in [-0.39, 0.29) is 5.91 Å². The molecule has 0 unspecified atom stereocenters. The maximum absolute atomic E-state index is 12.9. The Kier molecular flexibility index (Phi) is 3.61. The summed E-state index contributed by atoms with van der Waals surface area (Å²) in [6.45, 7) is 5.64. The first-order valence-corrected chi connectivity index (χ1v) is 8.62. The molecule has 1 fully saturated rings. The molecule has 126 valence electrons. The molecule has 5 heteroatoms. The number of aryl methyl sites for hydroxylation is 1. The van der Waals surface area contributed by atoms with E-state index in [0.717, 1.165) is 23.9 Å². The fourth-order valence-corrected chi connectivity index (χ4v) is 3.75. The van der Waals surface area contributed by atoms with E-state index in [1.807, 2.05) is 17.7 Å². The number of fused-ring (bicyclic) bond motifs is 3. The highest BCUT2D eigenvalue weighted by Gasteiger charge is 2.25. The molecule has 4 rings (SSSR count). The number of carbonyl (C=O) groups is 1. The van der Waals surface area contributed by atoms with Crippen molar-refractivity contribution in [2.24, 2.45) is 7.05 Å². The van der Waals surface area contributed by atoms with Crippen LogP contribution in [0.3, 0.4) is 0 Å². The molecule has 0 spiro atoms. The van der Waals surface area contributed by atoms with Gasteiger partial charge >= 0.3 is 0 Å². The first-order valence-electron chi connectivity index (χ1n) is 8.62. The van der Waals surface area contributed by atoms with Crippen LogP contribution in [0.5, 0.6) is 0 Å². The molecule has 0 N–H and O–H groups in total. The quantitative estimate of drug-likeness (QED) is 0.717. The number of hydroxylamine groups is 2. The van der Waals surface area contributed by atoms with Crippen molar-refractivity contribution in [3.8, 4) is 0 Å². The molecule has 1 aromatic carbocycles. The normalized spacial score (nSPS) is 15.8. The van der Waals surface area contributed by atoms with E-state index in [1.165, 1.54) is 16.0 Å². The fourth-order valence-electron chi connectivity index (χ4n) is 3.75. The van der Waals surface area contributed by atoms with Gasteiger partial charge in [-0.3, -0.25) is 9.63 Å². The van der Waals surface area contributed by atoms with Crippen molar-refractivity contribution in [2.75, 3.05) is 13.2 Å². The van der Waals surface area contributed by atoms with Gasteiger partial charge in [-0.15, -0.1) is 0 Å². The molecule has 5 nitrogen and oxygen atoms in total. The summed E-state index contributed by atoms with van der Waals surface area (Å²) in [7, 11) is 1.97. The van der Waals surface area contributed by atoms with Gasteiger partial charge in [0, 0.05) is 25.0 Å². The molecule has 2 aromatic heterocycles. The van der Waals surface area contributed by atoms with Gasteiger partial charge in [0.05, 0.1) is 23.2 Å². The molecule has 0 aliphatic carbocycles. The minimum atomic E-state index is -0.0483. The van der Waals surface area contributed by atoms with Gasteiger partial charge in [0.25, 0.3) is 5.91 Å². The Bertz CT molecular complexity index is 914. The predicted molar refractivity (Wildman–Crippen MR) is 95.0 cm³/mol. The highest BCUT2D eigenvalue weighted by molar-refractivity contribution is 6.10. The van der Waals surface area contributed by atoms with E-state index in [4.69, 9.17) is 4.84 Å². The summed E-state index contributed by atoms with van der Waals surface area (Å²) in [5.41, 5.74) is 4.11. The predicted octanol–water partition coefficient (Wildman–Crippen LogP) is 3.88. The average Bonchev–Trinajstić information content (AvgIpc) is 3.09. The van der Waals surface area contributed by atoms with Gasteiger partial charge in [-0.25, -0.2) is 5.06 Å². The van der Waals surface area contributed by atoms with Crippen molar-refractivity contribution >= 4 is 27.8 Å². The summed E-state index contributed by atoms with van der Waals surface area (Å²) < 4.78 is 4.31. The Balaban J connectivity index is 1.91. The molecule has 1 amide bonds. The zero-order chi connectivity index (χ0) is 16.8. The summed E-state index contributed by atoms with van der Waals surface area (Å²) in [6, 6.07) is 10.7. The second-order valence-corrected chi connectivity index (χ2v) is 6.75. The van der Waals surface area contributed by atoms with Crippen LogP contribution in [0.25, 0.3) is 21.9 Å². The summed E-state index contributed by atoms with van der Waals surface area (Å²) >= 11 is 0. The molecule has 3 heterocycles. The number of benzene rings is 1. The summed E-state index contributed by atoms with van der Waals surface area (Å²) in [4.78, 5) is 18.4. The Hall–Kier alpha value is -2.27. The van der Waals surface area contributed by atoms with E-state index in [9.17, 15) is 4.79 Å². The standard InChI is InChI=1S/C19H23N3O2/c1-13(2)22-15-9-5-4-8-14(15)18-16(22)12-17(20(18)3)19(23)21-10-6-7-11-24-21/h4-5,8-9,12-13H,6-7,10-11H2,1-3H3. The number of nitrogens with zero attached hydrogens (tertiary/aromatic N) is 3. The summed E-state index contributed by atoms with van der Waals surface area (Å²) in [5, 5.41) is 2.70. The van der Waals surface area contributed by atoms with Gasteiger partial charge in [0.2, 0.25) is 0 Å². The first-order chi connectivity index (χ1) is 11.6. The molecule has 3 aromatic rings. The Morgan fingerprint density at radius 2 is 1.96 bits per heavy atom. The monoisotopic (exact) mass is 325 g/mol. The zero-order valence-electron chi connectivity index (χ0n) is 14.5. The highest BCUT2D eigenvalue weighted by Crippen LogP contribution is 2.34. The molecule has 1 saturated heterocycles. The van der Waals surface area contributed by atoms with E-state index in [1.54, 1.807) is 0 Å². The number of para-hydroxylation sites is 1. The third-order valence-electron chi connectivity index (χ3n) is 4.86. The summed E-state index contributed by atoms with van der Waals surface area (Å²) in [5.74, 6) is -0.0483. The Morgan fingerprint density at radius 1 is 1.17 bits per heavy atom. The third kappa shape index (κ3) is 2.15. The first kappa shape index (κ1) is 15.3. The number of rotatable bonds is 2. The zero-order valence-corrected chi connectivity index (χ0v) is 14.5. The lowest BCUT2D eigenvalue weighted by Crippen LogP contribution is -2.36. The van der Waals surface area contributed by atoms with Crippen LogP contribution in [-0.2, 0) is 11.9 Å². The maximum atomic E-state index is 12.9. The topological polar surface area (TPSA) is 39.4 Å². The smallest absolute Gasteiger partial charge is 0.294 e. The van der Waals surface area contributed by atoms with Gasteiger partial charge in [0.15, 0.2) is 0 Å². The van der Waals surface area contributed by atoms with E-state index in [2.05, 4.69) is 42.7 Å². The van der Waals surface area contributed by atoms with Crippen LogP contribution in [0.1, 0.15) is 43.2 Å². The number of amides is 1. The van der Waals surface area contributed by atoms with Crippen LogP contribution < -0.4 is 0 Å². The van der Waals surface area contributed by atoms with Crippen LogP contribution in [0.4, 0.5) is 0 Å². The maximum Gasteiger partial charge on any atom is 0.294 e. The van der Waals surface area contributed by atoms with Crippen LogP contribution in [0.15, 0.2) is 30.3 Å². The molecule has 1 aliphatic heterocycles. The molecule has 0 bridgehead atoms. The lowest BCUT2D eigenvalue weighted by molar-refractivity contribution is -0.144. The van der Waals surface area contributed by atoms with Crippen molar-refractivity contribution in [3.05, 3.63) is 36.0 Å². The number of hydrogen-bond acceptors (Lipinski definition) is 2. The molecular formula is C19H23N3O2. The Morgan fingerprint density at radius 3 is 2.67 bits per heavy atom. The van der Waals surface area contributed by atoms with Crippen molar-refractivity contribution in [1.29, 1.82) is 0 Å². The van der Waals surface area contributed by atoms with Gasteiger partial charge in [-0.2, -0.15) is 0 Å². The molecule has 0 atom stereocenters. The second kappa shape index (κ2) is 5.67. The van der Waals surface area contributed by atoms with Gasteiger partial charge in [-0.1, -0.05) is 18.2 Å². The van der Waals surface area contributed by atoms with Crippen LogP contribution in [0, 0.1) is 0 Å². The largest absolute Gasteiger partial charge is 0.338 e. The Labute approximate surface area is 141 Å². The van der Waals surface area contributed by atoms with Gasteiger partial charge < -0.3 is 9.13 Å². The third-order valence-corrected chi connectivity index (χ3v) is 4.86. The van der Waals surface area contributed by atoms with Crippen LogP contribution in [0.2, 0.25) is 0 Å². The number of aromatic nitrogens is 2. The molecule has 0 saturated carbocycles. The number of carbonyl (C=O) groups excluding carboxylic acids is 1. The minimum Gasteiger partial charge on any atom is -0.338 e. The fraction of sp³-hybridized carbons (Fsp3) is 0.421. The number of hydrogen-bond donors (Lipinski definition) is 0. The van der Waals surface area contributed by atoms with Crippen LogP contribution >= 0.6 is 0 Å². The van der Waals surface area contributed by atoms with E-state index in [0.29, 0.717) is 24.9 Å². The van der Waals surface area contributed by atoms with E-state index < -0.39 is 0 Å². The van der Waals surface area contributed by atoms with Crippen LogP contribution in [-0.4, -0.2) is 33.3 Å². The lowest BCUT2D eigenvalue weighted by Gasteiger charge is -2.25. The molecule has 0 radical (unpaired) electrons. The van der Waals surface area contributed by atoms with Gasteiger partial charge in [-0.05, 0) is 38.8 Å². The van der Waals surface area contributed by atoms with Crippen molar-refractivity contribution in [2.45, 2.75) is 32.7 Å². The lowest BCUT2D eigenvalue weighted by atomic mass is 10.2.